The highest BCUT2D eigenvalue weighted by Crippen LogP contribution is 2.32. The van der Waals surface area contributed by atoms with Crippen LogP contribution in [0.5, 0.6) is 0 Å². The smallest absolute Gasteiger partial charge is 0.295 e. The van der Waals surface area contributed by atoms with Crippen molar-refractivity contribution >= 4 is 22.6 Å². The molecule has 0 saturated heterocycles. The van der Waals surface area contributed by atoms with Crippen LogP contribution in [-0.4, -0.2) is 29.2 Å². The first-order valence-corrected chi connectivity index (χ1v) is 14.3. The molecule has 0 spiro atoms. The minimum Gasteiger partial charge on any atom is -0.520 e. The summed E-state index contributed by atoms with van der Waals surface area (Å²) in [4.78, 5) is 12.3. The molecule has 112 valence electrons. The molecule has 1 aliphatic carbocycles. The second-order valence-electron chi connectivity index (χ2n) is 7.61. The van der Waals surface area contributed by atoms with E-state index in [1.165, 1.54) is 6.42 Å². The van der Waals surface area contributed by atoms with E-state index in [1.54, 1.807) is 0 Å². The summed E-state index contributed by atoms with van der Waals surface area (Å²) in [6.45, 7) is 13.5. The maximum Gasteiger partial charge on any atom is 0.295 e. The van der Waals surface area contributed by atoms with Crippen LogP contribution in [0.1, 0.15) is 25.7 Å². The Labute approximate surface area is 120 Å². The first-order valence-electron chi connectivity index (χ1n) is 7.45. The number of hydrogen-bond acceptors (Lipinski definition) is 3. The standard InChI is InChI=1S/C14H30O3Si2/c1-18(2,3)16-11-12-9-7-8-10-13(12)14(15)17-19(4,5)6/h12-13H,7-11H2,1-6H3. The van der Waals surface area contributed by atoms with Crippen molar-refractivity contribution in [3.63, 3.8) is 0 Å². The zero-order valence-corrected chi connectivity index (χ0v) is 15.4. The van der Waals surface area contributed by atoms with Gasteiger partial charge in [0.05, 0.1) is 5.92 Å². The van der Waals surface area contributed by atoms with E-state index >= 15 is 0 Å². The lowest BCUT2D eigenvalue weighted by molar-refractivity contribution is -0.143. The van der Waals surface area contributed by atoms with Gasteiger partial charge in [-0.25, -0.2) is 0 Å². The van der Waals surface area contributed by atoms with Crippen molar-refractivity contribution < 1.29 is 13.6 Å². The molecule has 0 aromatic heterocycles. The van der Waals surface area contributed by atoms with Crippen LogP contribution >= 0.6 is 0 Å². The van der Waals surface area contributed by atoms with Gasteiger partial charge in [0.1, 0.15) is 0 Å². The van der Waals surface area contributed by atoms with E-state index in [4.69, 9.17) is 8.85 Å². The fraction of sp³-hybridized carbons (Fsp3) is 0.929. The van der Waals surface area contributed by atoms with Crippen LogP contribution in [0.25, 0.3) is 0 Å². The summed E-state index contributed by atoms with van der Waals surface area (Å²) in [6, 6.07) is 0. The third-order valence-electron chi connectivity index (χ3n) is 3.35. The van der Waals surface area contributed by atoms with Gasteiger partial charge in [-0.3, -0.25) is 4.79 Å². The van der Waals surface area contributed by atoms with Crippen molar-refractivity contribution in [2.24, 2.45) is 11.8 Å². The molecule has 0 N–H and O–H groups in total. The molecule has 1 fully saturated rings. The van der Waals surface area contributed by atoms with E-state index in [0.717, 1.165) is 25.9 Å². The van der Waals surface area contributed by atoms with Crippen molar-refractivity contribution in [2.45, 2.75) is 65.0 Å². The quantitative estimate of drug-likeness (QED) is 0.719. The van der Waals surface area contributed by atoms with Crippen LogP contribution in [0.3, 0.4) is 0 Å². The highest BCUT2D eigenvalue weighted by Gasteiger charge is 2.35. The van der Waals surface area contributed by atoms with Gasteiger partial charge in [-0.1, -0.05) is 12.8 Å². The Hall–Kier alpha value is -0.136. The molecule has 2 unspecified atom stereocenters. The predicted molar refractivity (Wildman–Crippen MR) is 84.2 cm³/mol. The van der Waals surface area contributed by atoms with E-state index in [0.29, 0.717) is 5.92 Å². The van der Waals surface area contributed by atoms with Crippen LogP contribution in [0.2, 0.25) is 39.3 Å². The Bertz CT molecular complexity index is 305. The summed E-state index contributed by atoms with van der Waals surface area (Å²) in [5.74, 6) is 0.462. The third kappa shape index (κ3) is 6.72. The summed E-state index contributed by atoms with van der Waals surface area (Å²) in [7, 11) is -3.27. The fourth-order valence-electron chi connectivity index (χ4n) is 2.45. The molecule has 0 amide bonds. The minimum absolute atomic E-state index is 0.0306. The van der Waals surface area contributed by atoms with Crippen molar-refractivity contribution in [1.82, 2.24) is 0 Å². The zero-order valence-electron chi connectivity index (χ0n) is 13.4. The molecule has 19 heavy (non-hydrogen) atoms. The topological polar surface area (TPSA) is 35.5 Å². The minimum atomic E-state index is -1.78. The highest BCUT2D eigenvalue weighted by molar-refractivity contribution is 6.71. The summed E-state index contributed by atoms with van der Waals surface area (Å²) >= 11 is 0. The summed E-state index contributed by atoms with van der Waals surface area (Å²) in [5.41, 5.74) is 0. The second kappa shape index (κ2) is 6.54. The van der Waals surface area contributed by atoms with E-state index in [9.17, 15) is 4.79 Å². The molecular formula is C14H30O3Si2. The van der Waals surface area contributed by atoms with E-state index in [2.05, 4.69) is 39.3 Å². The molecule has 1 aliphatic rings. The second-order valence-corrected chi connectivity index (χ2v) is 16.6. The molecule has 1 saturated carbocycles. The molecule has 2 atom stereocenters. The molecule has 1 rings (SSSR count). The van der Waals surface area contributed by atoms with Crippen LogP contribution in [-0.2, 0) is 13.6 Å². The molecule has 0 aromatic rings. The van der Waals surface area contributed by atoms with Gasteiger partial charge in [0.15, 0.2) is 8.32 Å². The number of carbonyl (C=O) groups is 1. The number of rotatable bonds is 5. The van der Waals surface area contributed by atoms with Gasteiger partial charge in [0, 0.05) is 6.61 Å². The van der Waals surface area contributed by atoms with Crippen molar-refractivity contribution in [3.8, 4) is 0 Å². The maximum atomic E-state index is 12.3. The molecule has 0 radical (unpaired) electrons. The SMILES string of the molecule is C[Si](C)(C)OCC1CCCCC1C(=O)O[Si](C)(C)C. The molecule has 0 aromatic carbocycles. The third-order valence-corrected chi connectivity index (χ3v) is 5.20. The monoisotopic (exact) mass is 302 g/mol. The predicted octanol–water partition coefficient (Wildman–Crippen LogP) is 4.02. The van der Waals surface area contributed by atoms with Crippen LogP contribution in [0, 0.1) is 11.8 Å². The van der Waals surface area contributed by atoms with Crippen LogP contribution in [0.4, 0.5) is 0 Å². The van der Waals surface area contributed by atoms with Gasteiger partial charge in [0.2, 0.25) is 8.32 Å². The lowest BCUT2D eigenvalue weighted by Crippen LogP contribution is -2.39. The van der Waals surface area contributed by atoms with Crippen molar-refractivity contribution in [1.29, 1.82) is 0 Å². The van der Waals surface area contributed by atoms with Crippen molar-refractivity contribution in [3.05, 3.63) is 0 Å². The normalized spacial score (nSPS) is 25.2. The Morgan fingerprint density at radius 3 is 2.11 bits per heavy atom. The van der Waals surface area contributed by atoms with Crippen LogP contribution in [0.15, 0.2) is 0 Å². The Morgan fingerprint density at radius 2 is 1.58 bits per heavy atom. The lowest BCUT2D eigenvalue weighted by atomic mass is 9.80. The Morgan fingerprint density at radius 1 is 1.00 bits per heavy atom. The van der Waals surface area contributed by atoms with Gasteiger partial charge >= 0.3 is 0 Å². The summed E-state index contributed by atoms with van der Waals surface area (Å²) < 4.78 is 11.7. The van der Waals surface area contributed by atoms with E-state index in [-0.39, 0.29) is 11.9 Å². The summed E-state index contributed by atoms with van der Waals surface area (Å²) in [6.07, 6.45) is 4.45. The summed E-state index contributed by atoms with van der Waals surface area (Å²) in [5, 5.41) is 0. The van der Waals surface area contributed by atoms with Gasteiger partial charge in [-0.15, -0.1) is 0 Å². The Kier molecular flexibility index (Phi) is 5.83. The van der Waals surface area contributed by atoms with E-state index in [1.807, 2.05) is 0 Å². The zero-order chi connectivity index (χ0) is 14.7. The van der Waals surface area contributed by atoms with Gasteiger partial charge in [-0.05, 0) is 58.0 Å². The first-order chi connectivity index (χ1) is 8.58. The molecule has 5 heteroatoms. The molecular weight excluding hydrogens is 272 g/mol. The molecule has 0 heterocycles. The number of hydrogen-bond donors (Lipinski definition) is 0. The average Bonchev–Trinajstić information content (AvgIpc) is 2.23. The van der Waals surface area contributed by atoms with Crippen LogP contribution < -0.4 is 0 Å². The lowest BCUT2D eigenvalue weighted by Gasteiger charge is -2.33. The maximum absolute atomic E-state index is 12.3. The first kappa shape index (κ1) is 16.9. The average molecular weight is 303 g/mol. The van der Waals surface area contributed by atoms with Gasteiger partial charge in [0.25, 0.3) is 5.97 Å². The molecule has 0 aliphatic heterocycles. The largest absolute Gasteiger partial charge is 0.520 e. The molecule has 0 bridgehead atoms. The number of carbonyl (C=O) groups excluding carboxylic acids is 1. The molecule has 3 nitrogen and oxygen atoms in total. The van der Waals surface area contributed by atoms with Gasteiger partial charge < -0.3 is 8.85 Å². The Balaban J connectivity index is 2.59. The van der Waals surface area contributed by atoms with Crippen molar-refractivity contribution in [2.75, 3.05) is 6.61 Å². The van der Waals surface area contributed by atoms with Gasteiger partial charge in [-0.2, -0.15) is 0 Å². The highest BCUT2D eigenvalue weighted by atomic mass is 28.4. The fourth-order valence-corrected chi connectivity index (χ4v) is 3.92. The van der Waals surface area contributed by atoms with E-state index < -0.39 is 16.6 Å².